The highest BCUT2D eigenvalue weighted by atomic mass is 16.6. The molecule has 0 aromatic carbocycles. The van der Waals surface area contributed by atoms with Gasteiger partial charge in [0.2, 0.25) is 5.91 Å². The molecule has 2 amide bonds. The fourth-order valence-electron chi connectivity index (χ4n) is 2.69. The van der Waals surface area contributed by atoms with Crippen LogP contribution in [0.3, 0.4) is 0 Å². The Labute approximate surface area is 161 Å². The molecule has 2 rings (SSSR count). The molecule has 148 valence electrons. The molecular formula is C20H30N4O3. The molecule has 1 aromatic heterocycles. The Balaban J connectivity index is 1.58. The van der Waals surface area contributed by atoms with Crippen LogP contribution in [0.2, 0.25) is 0 Å². The average Bonchev–Trinajstić information content (AvgIpc) is 2.63. The fourth-order valence-corrected chi connectivity index (χ4v) is 2.69. The number of aromatic nitrogens is 1. The molecule has 0 atom stereocenters. The van der Waals surface area contributed by atoms with Crippen molar-refractivity contribution in [2.75, 3.05) is 39.3 Å². The van der Waals surface area contributed by atoms with Gasteiger partial charge in [0.15, 0.2) is 0 Å². The van der Waals surface area contributed by atoms with Crippen LogP contribution in [0.15, 0.2) is 30.5 Å². The SMILES string of the molecule is CC(C)(C)OC(=O)N1CCN(CCCNC(=O)/C=C/c2ccccn2)CC1. The smallest absolute Gasteiger partial charge is 0.410 e. The number of nitrogens with one attached hydrogen (secondary N) is 1. The van der Waals surface area contributed by atoms with Crippen molar-refractivity contribution < 1.29 is 14.3 Å². The first kappa shape index (κ1) is 20.9. The van der Waals surface area contributed by atoms with Crippen molar-refractivity contribution >= 4 is 18.1 Å². The van der Waals surface area contributed by atoms with Gasteiger partial charge in [-0.05, 0) is 51.9 Å². The van der Waals surface area contributed by atoms with Gasteiger partial charge in [-0.15, -0.1) is 0 Å². The third-order valence-corrected chi connectivity index (χ3v) is 4.07. The number of amides is 2. The second-order valence-electron chi connectivity index (χ2n) is 7.54. The molecular weight excluding hydrogens is 344 g/mol. The van der Waals surface area contributed by atoms with Crippen molar-refractivity contribution in [2.45, 2.75) is 32.8 Å². The molecule has 1 aromatic rings. The number of rotatable bonds is 6. The van der Waals surface area contributed by atoms with Gasteiger partial charge in [0.1, 0.15) is 5.60 Å². The Kier molecular flexibility index (Phi) is 7.79. The standard InChI is InChI=1S/C20H30N4O3/c1-20(2,3)27-19(26)24-15-13-23(14-16-24)12-6-11-22-18(25)9-8-17-7-4-5-10-21-17/h4-5,7-10H,6,11-16H2,1-3H3,(H,22,25)/b9-8+. The lowest BCUT2D eigenvalue weighted by atomic mass is 10.2. The normalized spacial score (nSPS) is 15.7. The Morgan fingerprint density at radius 1 is 1.22 bits per heavy atom. The molecule has 7 nitrogen and oxygen atoms in total. The lowest BCUT2D eigenvalue weighted by molar-refractivity contribution is -0.116. The van der Waals surface area contributed by atoms with Crippen molar-refractivity contribution in [3.8, 4) is 0 Å². The van der Waals surface area contributed by atoms with E-state index in [4.69, 9.17) is 4.74 Å². The van der Waals surface area contributed by atoms with Crippen molar-refractivity contribution in [3.63, 3.8) is 0 Å². The molecule has 1 N–H and O–H groups in total. The molecule has 0 unspecified atom stereocenters. The molecule has 27 heavy (non-hydrogen) atoms. The number of ether oxygens (including phenoxy) is 1. The number of nitrogens with zero attached hydrogens (tertiary/aromatic N) is 3. The Morgan fingerprint density at radius 3 is 2.59 bits per heavy atom. The Morgan fingerprint density at radius 2 is 1.96 bits per heavy atom. The van der Waals surface area contributed by atoms with Gasteiger partial charge < -0.3 is 15.0 Å². The molecule has 2 heterocycles. The van der Waals surface area contributed by atoms with Gasteiger partial charge in [0.05, 0.1) is 5.69 Å². The number of hydrogen-bond acceptors (Lipinski definition) is 5. The van der Waals surface area contributed by atoms with Crippen LogP contribution in [0, 0.1) is 0 Å². The second-order valence-corrected chi connectivity index (χ2v) is 7.54. The Hall–Kier alpha value is -2.41. The summed E-state index contributed by atoms with van der Waals surface area (Å²) in [7, 11) is 0. The molecule has 7 heteroatoms. The van der Waals surface area contributed by atoms with E-state index in [0.717, 1.165) is 31.7 Å². The van der Waals surface area contributed by atoms with Gasteiger partial charge in [0.25, 0.3) is 0 Å². The molecule has 0 bridgehead atoms. The summed E-state index contributed by atoms with van der Waals surface area (Å²) in [6.07, 6.45) is 5.53. The maximum atomic E-state index is 12.0. The van der Waals surface area contributed by atoms with Crippen LogP contribution in [0.25, 0.3) is 6.08 Å². The van der Waals surface area contributed by atoms with Gasteiger partial charge in [-0.25, -0.2) is 4.79 Å². The number of carbonyl (C=O) groups excluding carboxylic acids is 2. The molecule has 0 radical (unpaired) electrons. The van der Waals surface area contributed by atoms with E-state index in [9.17, 15) is 9.59 Å². The molecule has 1 aliphatic heterocycles. The van der Waals surface area contributed by atoms with E-state index < -0.39 is 5.60 Å². The van der Waals surface area contributed by atoms with Gasteiger partial charge in [-0.3, -0.25) is 14.7 Å². The Bertz CT molecular complexity index is 632. The zero-order chi connectivity index (χ0) is 19.7. The van der Waals surface area contributed by atoms with Crippen LogP contribution in [0.5, 0.6) is 0 Å². The van der Waals surface area contributed by atoms with Crippen LogP contribution in [-0.4, -0.2) is 71.7 Å². The molecule has 0 saturated carbocycles. The largest absolute Gasteiger partial charge is 0.444 e. The summed E-state index contributed by atoms with van der Waals surface area (Å²) in [4.78, 5) is 32.0. The number of hydrogen-bond donors (Lipinski definition) is 1. The van der Waals surface area contributed by atoms with Crippen LogP contribution >= 0.6 is 0 Å². The van der Waals surface area contributed by atoms with E-state index in [1.54, 1.807) is 17.2 Å². The van der Waals surface area contributed by atoms with Crippen molar-refractivity contribution in [2.24, 2.45) is 0 Å². The molecule has 0 spiro atoms. The third kappa shape index (κ3) is 8.21. The van der Waals surface area contributed by atoms with E-state index >= 15 is 0 Å². The maximum absolute atomic E-state index is 12.0. The summed E-state index contributed by atoms with van der Waals surface area (Å²) in [5.41, 5.74) is 0.299. The van der Waals surface area contributed by atoms with Gasteiger partial charge >= 0.3 is 6.09 Å². The molecule has 0 aliphatic carbocycles. The van der Waals surface area contributed by atoms with E-state index in [0.29, 0.717) is 19.6 Å². The minimum absolute atomic E-state index is 0.115. The van der Waals surface area contributed by atoms with Crippen molar-refractivity contribution in [1.82, 2.24) is 20.1 Å². The fraction of sp³-hybridized carbons (Fsp3) is 0.550. The highest BCUT2D eigenvalue weighted by molar-refractivity contribution is 5.91. The van der Waals surface area contributed by atoms with Crippen molar-refractivity contribution in [3.05, 3.63) is 36.2 Å². The topological polar surface area (TPSA) is 74.8 Å². The number of carbonyl (C=O) groups is 2. The molecule has 1 aliphatic rings. The molecule has 1 fully saturated rings. The van der Waals surface area contributed by atoms with E-state index in [1.165, 1.54) is 6.08 Å². The predicted molar refractivity (Wildman–Crippen MR) is 105 cm³/mol. The second kappa shape index (κ2) is 10.1. The van der Waals surface area contributed by atoms with Crippen molar-refractivity contribution in [1.29, 1.82) is 0 Å². The lowest BCUT2D eigenvalue weighted by Crippen LogP contribution is -2.50. The van der Waals surface area contributed by atoms with Gasteiger partial charge in [-0.2, -0.15) is 0 Å². The van der Waals surface area contributed by atoms with Crippen LogP contribution in [0.4, 0.5) is 4.79 Å². The number of piperazine rings is 1. The van der Waals surface area contributed by atoms with Crippen LogP contribution < -0.4 is 5.32 Å². The summed E-state index contributed by atoms with van der Waals surface area (Å²) >= 11 is 0. The zero-order valence-corrected chi connectivity index (χ0v) is 16.5. The molecule has 1 saturated heterocycles. The van der Waals surface area contributed by atoms with Gasteiger partial charge in [0, 0.05) is 45.0 Å². The first-order valence-electron chi connectivity index (χ1n) is 9.41. The minimum atomic E-state index is -0.461. The van der Waals surface area contributed by atoms with E-state index in [2.05, 4.69) is 15.2 Å². The third-order valence-electron chi connectivity index (χ3n) is 4.07. The first-order valence-corrected chi connectivity index (χ1v) is 9.41. The van der Waals surface area contributed by atoms with Crippen LogP contribution in [-0.2, 0) is 9.53 Å². The number of pyridine rings is 1. The first-order chi connectivity index (χ1) is 12.8. The quantitative estimate of drug-likeness (QED) is 0.610. The minimum Gasteiger partial charge on any atom is -0.444 e. The summed E-state index contributed by atoms with van der Waals surface area (Å²) in [6, 6.07) is 5.57. The summed E-state index contributed by atoms with van der Waals surface area (Å²) in [5, 5.41) is 2.88. The summed E-state index contributed by atoms with van der Waals surface area (Å²) < 4.78 is 5.40. The highest BCUT2D eigenvalue weighted by Crippen LogP contribution is 2.11. The van der Waals surface area contributed by atoms with Crippen LogP contribution in [0.1, 0.15) is 32.9 Å². The highest BCUT2D eigenvalue weighted by Gasteiger charge is 2.25. The monoisotopic (exact) mass is 374 g/mol. The zero-order valence-electron chi connectivity index (χ0n) is 16.5. The van der Waals surface area contributed by atoms with E-state index in [1.807, 2.05) is 39.0 Å². The van der Waals surface area contributed by atoms with E-state index in [-0.39, 0.29) is 12.0 Å². The lowest BCUT2D eigenvalue weighted by Gasteiger charge is -2.35. The van der Waals surface area contributed by atoms with Gasteiger partial charge in [-0.1, -0.05) is 6.07 Å². The summed E-state index contributed by atoms with van der Waals surface area (Å²) in [6.45, 7) is 10.1. The maximum Gasteiger partial charge on any atom is 0.410 e. The predicted octanol–water partition coefficient (Wildman–Crippen LogP) is 2.15. The average molecular weight is 374 g/mol. The summed E-state index contributed by atoms with van der Waals surface area (Å²) in [5.74, 6) is -0.115.